The molecule has 88 valence electrons. The number of pyridine rings is 1. The van der Waals surface area contributed by atoms with Gasteiger partial charge in [-0.05, 0) is 17.7 Å². The molecule has 0 spiro atoms. The lowest BCUT2D eigenvalue weighted by Gasteiger charge is -2.09. The van der Waals surface area contributed by atoms with Crippen molar-refractivity contribution in [2.45, 2.75) is 12.5 Å². The molecule has 2 aromatic rings. The van der Waals surface area contributed by atoms with Crippen molar-refractivity contribution >= 4 is 23.2 Å². The second-order valence-corrected chi connectivity index (χ2v) is 4.14. The van der Waals surface area contributed by atoms with Crippen molar-refractivity contribution in [3.05, 3.63) is 58.9 Å². The Morgan fingerprint density at radius 3 is 2.53 bits per heavy atom. The Hall–Kier alpha value is -1.25. The summed E-state index contributed by atoms with van der Waals surface area (Å²) in [5.74, 6) is 0.957. The van der Waals surface area contributed by atoms with Crippen molar-refractivity contribution in [3.8, 4) is 5.75 Å². The lowest BCUT2D eigenvalue weighted by Crippen LogP contribution is -1.99. The number of hydrogen-bond donors (Lipinski definition) is 0. The summed E-state index contributed by atoms with van der Waals surface area (Å²) < 4.78 is 5.66. The Bertz CT molecular complexity index is 488. The Kier molecular flexibility index (Phi) is 4.24. The molecule has 0 N–H and O–H groups in total. The van der Waals surface area contributed by atoms with Crippen molar-refractivity contribution in [1.29, 1.82) is 0 Å². The fourth-order valence-corrected chi connectivity index (χ4v) is 1.78. The van der Waals surface area contributed by atoms with Crippen LogP contribution in [0.1, 0.15) is 11.3 Å². The number of hydrogen-bond acceptors (Lipinski definition) is 2. The zero-order valence-corrected chi connectivity index (χ0v) is 10.6. The van der Waals surface area contributed by atoms with Gasteiger partial charge >= 0.3 is 0 Å². The third-order valence-electron chi connectivity index (χ3n) is 2.26. The first-order valence-corrected chi connectivity index (χ1v) is 6.09. The van der Waals surface area contributed by atoms with Crippen LogP contribution in [0.2, 0.25) is 5.15 Å². The molecule has 0 fully saturated rings. The van der Waals surface area contributed by atoms with Gasteiger partial charge in [0.15, 0.2) is 0 Å². The molecule has 0 saturated heterocycles. The van der Waals surface area contributed by atoms with Crippen LogP contribution in [0, 0.1) is 0 Å². The van der Waals surface area contributed by atoms with Gasteiger partial charge < -0.3 is 4.74 Å². The SMILES string of the molecule is ClCc1nc(Cl)ccc1OCc1ccccc1. The van der Waals surface area contributed by atoms with Crippen LogP contribution in [-0.2, 0) is 12.5 Å². The average Bonchev–Trinajstić information content (AvgIpc) is 2.38. The summed E-state index contributed by atoms with van der Waals surface area (Å²) in [5, 5.41) is 0.424. The summed E-state index contributed by atoms with van der Waals surface area (Å²) in [4.78, 5) is 4.11. The van der Waals surface area contributed by atoms with E-state index in [2.05, 4.69) is 4.98 Å². The van der Waals surface area contributed by atoms with Crippen molar-refractivity contribution in [3.63, 3.8) is 0 Å². The number of alkyl halides is 1. The Morgan fingerprint density at radius 2 is 1.82 bits per heavy atom. The lowest BCUT2D eigenvalue weighted by molar-refractivity contribution is 0.302. The van der Waals surface area contributed by atoms with Crippen LogP contribution in [0.15, 0.2) is 42.5 Å². The van der Waals surface area contributed by atoms with E-state index in [1.807, 2.05) is 30.3 Å². The largest absolute Gasteiger partial charge is 0.487 e. The highest BCUT2D eigenvalue weighted by atomic mass is 35.5. The van der Waals surface area contributed by atoms with Gasteiger partial charge in [0.05, 0.1) is 11.6 Å². The molecule has 0 bridgehead atoms. The molecule has 1 aromatic carbocycles. The van der Waals surface area contributed by atoms with E-state index >= 15 is 0 Å². The minimum absolute atomic E-state index is 0.282. The summed E-state index contributed by atoms with van der Waals surface area (Å²) in [6, 6.07) is 13.4. The average molecular weight is 268 g/mol. The zero-order valence-electron chi connectivity index (χ0n) is 9.07. The maximum Gasteiger partial charge on any atom is 0.142 e. The Morgan fingerprint density at radius 1 is 1.06 bits per heavy atom. The summed E-state index contributed by atoms with van der Waals surface area (Å²) in [6.45, 7) is 0.494. The predicted molar refractivity (Wildman–Crippen MR) is 69.6 cm³/mol. The fourth-order valence-electron chi connectivity index (χ4n) is 1.42. The van der Waals surface area contributed by atoms with Crippen LogP contribution in [0.4, 0.5) is 0 Å². The third-order valence-corrected chi connectivity index (χ3v) is 2.73. The molecule has 2 nitrogen and oxygen atoms in total. The second kappa shape index (κ2) is 5.89. The van der Waals surface area contributed by atoms with Crippen LogP contribution in [0.3, 0.4) is 0 Å². The van der Waals surface area contributed by atoms with Crippen LogP contribution >= 0.6 is 23.2 Å². The van der Waals surface area contributed by atoms with E-state index in [1.54, 1.807) is 12.1 Å². The molecule has 0 aliphatic rings. The molecule has 1 heterocycles. The summed E-state index contributed by atoms with van der Waals surface area (Å²) in [7, 11) is 0. The first-order valence-electron chi connectivity index (χ1n) is 5.17. The molecule has 17 heavy (non-hydrogen) atoms. The molecule has 0 radical (unpaired) electrons. The van der Waals surface area contributed by atoms with E-state index in [1.165, 1.54) is 0 Å². The maximum atomic E-state index is 5.79. The highest BCUT2D eigenvalue weighted by Gasteiger charge is 2.05. The van der Waals surface area contributed by atoms with Crippen molar-refractivity contribution < 1.29 is 4.74 Å². The summed E-state index contributed by atoms with van der Waals surface area (Å²) >= 11 is 11.6. The molecule has 1 aromatic heterocycles. The topological polar surface area (TPSA) is 22.1 Å². The number of ether oxygens (including phenoxy) is 1. The lowest BCUT2D eigenvalue weighted by atomic mass is 10.2. The molecule has 0 amide bonds. The molecular weight excluding hydrogens is 257 g/mol. The third kappa shape index (κ3) is 3.35. The number of aromatic nitrogens is 1. The first-order chi connectivity index (χ1) is 8.29. The van der Waals surface area contributed by atoms with E-state index in [9.17, 15) is 0 Å². The number of benzene rings is 1. The predicted octanol–water partition coefficient (Wildman–Crippen LogP) is 4.05. The standard InChI is InChI=1S/C13H11Cl2NO/c14-8-11-12(6-7-13(15)16-11)17-9-10-4-2-1-3-5-10/h1-7H,8-9H2. The number of rotatable bonds is 4. The van der Waals surface area contributed by atoms with Gasteiger partial charge in [0, 0.05) is 0 Å². The van der Waals surface area contributed by atoms with Crippen molar-refractivity contribution in [2.75, 3.05) is 0 Å². The van der Waals surface area contributed by atoms with Crippen molar-refractivity contribution in [2.24, 2.45) is 0 Å². The number of nitrogens with zero attached hydrogens (tertiary/aromatic N) is 1. The van der Waals surface area contributed by atoms with E-state index in [-0.39, 0.29) is 5.88 Å². The molecule has 0 aliphatic carbocycles. The molecule has 0 aliphatic heterocycles. The van der Waals surface area contributed by atoms with Gasteiger partial charge in [0.2, 0.25) is 0 Å². The van der Waals surface area contributed by atoms with Gasteiger partial charge in [-0.3, -0.25) is 0 Å². The fraction of sp³-hybridized carbons (Fsp3) is 0.154. The monoisotopic (exact) mass is 267 g/mol. The van der Waals surface area contributed by atoms with Gasteiger partial charge in [-0.25, -0.2) is 4.98 Å². The van der Waals surface area contributed by atoms with Crippen LogP contribution < -0.4 is 4.74 Å². The summed E-state index contributed by atoms with van der Waals surface area (Å²) in [6.07, 6.45) is 0. The van der Waals surface area contributed by atoms with Gasteiger partial charge in [0.25, 0.3) is 0 Å². The normalized spacial score (nSPS) is 10.2. The molecule has 0 saturated carbocycles. The summed E-state index contributed by atoms with van der Waals surface area (Å²) in [5.41, 5.74) is 1.76. The van der Waals surface area contributed by atoms with Crippen LogP contribution in [0.5, 0.6) is 5.75 Å². The van der Waals surface area contributed by atoms with E-state index in [4.69, 9.17) is 27.9 Å². The zero-order chi connectivity index (χ0) is 12.1. The Labute approximate surface area is 110 Å². The minimum atomic E-state index is 0.282. The minimum Gasteiger partial charge on any atom is -0.487 e. The quantitative estimate of drug-likeness (QED) is 0.616. The molecular formula is C13H11Cl2NO. The Balaban J connectivity index is 2.09. The number of halogens is 2. The van der Waals surface area contributed by atoms with Crippen molar-refractivity contribution in [1.82, 2.24) is 4.98 Å². The molecule has 0 unspecified atom stereocenters. The molecule has 4 heteroatoms. The molecule has 0 atom stereocenters. The first kappa shape index (κ1) is 12.2. The van der Waals surface area contributed by atoms with Gasteiger partial charge in [-0.1, -0.05) is 41.9 Å². The molecule has 2 rings (SSSR count). The van der Waals surface area contributed by atoms with Gasteiger partial charge in [-0.15, -0.1) is 11.6 Å². The highest BCUT2D eigenvalue weighted by Crippen LogP contribution is 2.21. The van der Waals surface area contributed by atoms with E-state index in [0.29, 0.717) is 23.2 Å². The van der Waals surface area contributed by atoms with Gasteiger partial charge in [0.1, 0.15) is 17.5 Å². The van der Waals surface area contributed by atoms with Gasteiger partial charge in [-0.2, -0.15) is 0 Å². The van der Waals surface area contributed by atoms with Crippen LogP contribution in [0.25, 0.3) is 0 Å². The van der Waals surface area contributed by atoms with E-state index < -0.39 is 0 Å². The maximum absolute atomic E-state index is 5.79. The van der Waals surface area contributed by atoms with Crippen LogP contribution in [-0.4, -0.2) is 4.98 Å². The highest BCUT2D eigenvalue weighted by molar-refractivity contribution is 6.29. The second-order valence-electron chi connectivity index (χ2n) is 3.49. The smallest absolute Gasteiger partial charge is 0.142 e. The van der Waals surface area contributed by atoms with E-state index in [0.717, 1.165) is 5.56 Å².